The molecule has 23 heavy (non-hydrogen) atoms. The van der Waals surface area contributed by atoms with Gasteiger partial charge in [-0.2, -0.15) is 0 Å². The normalized spacial score (nSPS) is 13.8. The van der Waals surface area contributed by atoms with Crippen molar-refractivity contribution in [3.63, 3.8) is 0 Å². The van der Waals surface area contributed by atoms with Gasteiger partial charge in [0.05, 0.1) is 19.7 Å². The summed E-state index contributed by atoms with van der Waals surface area (Å²) < 4.78 is 5.39. The number of nitrogens with zero attached hydrogens (tertiary/aromatic N) is 2. The first kappa shape index (κ1) is 15.2. The highest BCUT2D eigenvalue weighted by Gasteiger charge is 2.29. The Morgan fingerprint density at radius 2 is 1.87 bits per heavy atom. The van der Waals surface area contributed by atoms with E-state index in [4.69, 9.17) is 11.3 Å². The van der Waals surface area contributed by atoms with Crippen molar-refractivity contribution >= 4 is 5.57 Å². The predicted octanol–water partition coefficient (Wildman–Crippen LogP) is 4.56. The second-order valence-electron chi connectivity index (χ2n) is 5.92. The zero-order valence-electron chi connectivity index (χ0n) is 13.7. The molecule has 0 amide bonds. The van der Waals surface area contributed by atoms with Gasteiger partial charge in [0, 0.05) is 5.57 Å². The van der Waals surface area contributed by atoms with Crippen LogP contribution in [0.2, 0.25) is 0 Å². The van der Waals surface area contributed by atoms with Crippen LogP contribution in [0, 0.1) is 6.57 Å². The van der Waals surface area contributed by atoms with E-state index < -0.39 is 0 Å². The van der Waals surface area contributed by atoms with Crippen molar-refractivity contribution in [3.05, 3.63) is 82.5 Å². The Hall–Kier alpha value is -2.73. The molecule has 0 radical (unpaired) electrons. The van der Waals surface area contributed by atoms with Gasteiger partial charge in [0.15, 0.2) is 0 Å². The van der Waals surface area contributed by atoms with Crippen LogP contribution in [0.15, 0.2) is 54.4 Å². The van der Waals surface area contributed by atoms with Crippen molar-refractivity contribution in [2.45, 2.75) is 26.4 Å². The number of fused-ring (bicyclic) bond motifs is 1. The molecule has 0 aliphatic carbocycles. The van der Waals surface area contributed by atoms with Gasteiger partial charge in [0.2, 0.25) is 5.82 Å². The molecular weight excluding hydrogens is 284 g/mol. The van der Waals surface area contributed by atoms with Crippen molar-refractivity contribution in [2.75, 3.05) is 7.11 Å². The maximum Gasteiger partial charge on any atom is 0.234 e. The Balaban J connectivity index is 2.29. The van der Waals surface area contributed by atoms with Gasteiger partial charge in [-0.25, -0.2) is 0 Å². The number of hydrogen-bond donors (Lipinski definition) is 0. The molecule has 0 fully saturated rings. The Morgan fingerprint density at radius 1 is 1.13 bits per heavy atom. The van der Waals surface area contributed by atoms with E-state index in [0.29, 0.717) is 5.82 Å². The summed E-state index contributed by atoms with van der Waals surface area (Å²) in [5.41, 5.74) is 4.39. The summed E-state index contributed by atoms with van der Waals surface area (Å²) in [6.07, 6.45) is 0. The third-order valence-electron chi connectivity index (χ3n) is 4.21. The minimum atomic E-state index is 0.271. The highest BCUT2D eigenvalue weighted by Crippen LogP contribution is 2.39. The molecule has 0 saturated heterocycles. The third kappa shape index (κ3) is 2.68. The molecule has 0 bridgehead atoms. The van der Waals surface area contributed by atoms with Crippen LogP contribution in [0.5, 0.6) is 5.75 Å². The Labute approximate surface area is 137 Å². The van der Waals surface area contributed by atoms with E-state index in [1.54, 1.807) is 7.11 Å². The second kappa shape index (κ2) is 6.18. The lowest BCUT2D eigenvalue weighted by Crippen LogP contribution is -2.32. The summed E-state index contributed by atoms with van der Waals surface area (Å²) in [6, 6.07) is 16.6. The molecule has 1 aliphatic heterocycles. The molecule has 0 saturated carbocycles. The first-order valence-corrected chi connectivity index (χ1v) is 7.76. The number of ether oxygens (including phenoxy) is 1. The Kier molecular flexibility index (Phi) is 4.08. The second-order valence-corrected chi connectivity index (χ2v) is 5.92. The van der Waals surface area contributed by atoms with Gasteiger partial charge in [-0.1, -0.05) is 43.0 Å². The van der Waals surface area contributed by atoms with E-state index in [0.717, 1.165) is 29.0 Å². The molecular formula is C20H20N2O. The molecule has 3 nitrogen and oxygen atoms in total. The maximum absolute atomic E-state index is 7.73. The molecule has 2 aromatic carbocycles. The van der Waals surface area contributed by atoms with E-state index in [9.17, 15) is 0 Å². The fraction of sp³-hybridized carbons (Fsp3) is 0.250. The molecule has 1 heterocycles. The van der Waals surface area contributed by atoms with Crippen LogP contribution in [0.4, 0.5) is 0 Å². The van der Waals surface area contributed by atoms with Gasteiger partial charge in [-0.3, -0.25) is 0 Å². The average molecular weight is 304 g/mol. The largest absolute Gasteiger partial charge is 0.497 e. The Bertz CT molecular complexity index is 785. The van der Waals surface area contributed by atoms with Gasteiger partial charge in [0.25, 0.3) is 0 Å². The fourth-order valence-electron chi connectivity index (χ4n) is 3.01. The molecule has 1 aliphatic rings. The van der Waals surface area contributed by atoms with Crippen LogP contribution in [0.25, 0.3) is 10.4 Å². The average Bonchev–Trinajstić information content (AvgIpc) is 2.60. The number of benzene rings is 2. The van der Waals surface area contributed by atoms with Crippen LogP contribution >= 0.6 is 0 Å². The van der Waals surface area contributed by atoms with E-state index in [1.807, 2.05) is 30.3 Å². The predicted molar refractivity (Wildman–Crippen MR) is 92.7 cm³/mol. The van der Waals surface area contributed by atoms with Gasteiger partial charge in [-0.05, 0) is 42.7 Å². The minimum Gasteiger partial charge on any atom is -0.497 e. The van der Waals surface area contributed by atoms with Crippen LogP contribution < -0.4 is 4.74 Å². The van der Waals surface area contributed by atoms with Gasteiger partial charge < -0.3 is 14.5 Å². The molecule has 116 valence electrons. The molecule has 0 aromatic heterocycles. The lowest BCUT2D eigenvalue weighted by atomic mass is 9.90. The summed E-state index contributed by atoms with van der Waals surface area (Å²) in [5.74, 6) is 1.53. The lowest BCUT2D eigenvalue weighted by molar-refractivity contribution is 0.280. The van der Waals surface area contributed by atoms with Gasteiger partial charge in [0.1, 0.15) is 5.75 Å². The molecule has 0 N–H and O–H groups in total. The van der Waals surface area contributed by atoms with Crippen LogP contribution in [-0.2, 0) is 6.54 Å². The van der Waals surface area contributed by atoms with Crippen LogP contribution in [0.3, 0.4) is 0 Å². The van der Waals surface area contributed by atoms with Crippen LogP contribution in [-0.4, -0.2) is 18.1 Å². The van der Waals surface area contributed by atoms with Crippen molar-refractivity contribution in [1.29, 1.82) is 0 Å². The molecule has 0 atom stereocenters. The molecule has 2 aromatic rings. The monoisotopic (exact) mass is 304 g/mol. The summed E-state index contributed by atoms with van der Waals surface area (Å²) in [4.78, 5) is 6.05. The SMILES string of the molecule is [C-]#[N+]C1=C(c2ccccc2)c2cc(OC)ccc2CN1C(C)C. The maximum atomic E-state index is 7.73. The van der Waals surface area contributed by atoms with Gasteiger partial charge >= 0.3 is 0 Å². The van der Waals surface area contributed by atoms with Crippen molar-refractivity contribution in [1.82, 2.24) is 4.90 Å². The van der Waals surface area contributed by atoms with E-state index in [2.05, 4.69) is 41.8 Å². The minimum absolute atomic E-state index is 0.271. The number of methoxy groups -OCH3 is 1. The van der Waals surface area contributed by atoms with E-state index >= 15 is 0 Å². The fourth-order valence-corrected chi connectivity index (χ4v) is 3.01. The zero-order chi connectivity index (χ0) is 16.4. The number of hydrogen-bond acceptors (Lipinski definition) is 2. The Morgan fingerprint density at radius 3 is 2.48 bits per heavy atom. The number of rotatable bonds is 3. The highest BCUT2D eigenvalue weighted by atomic mass is 16.5. The first-order chi connectivity index (χ1) is 11.2. The summed E-state index contributed by atoms with van der Waals surface area (Å²) in [6.45, 7) is 12.7. The first-order valence-electron chi connectivity index (χ1n) is 7.76. The third-order valence-corrected chi connectivity index (χ3v) is 4.21. The van der Waals surface area contributed by atoms with Crippen molar-refractivity contribution < 1.29 is 4.74 Å². The van der Waals surface area contributed by atoms with Crippen molar-refractivity contribution in [2.24, 2.45) is 0 Å². The molecule has 3 rings (SSSR count). The molecule has 0 spiro atoms. The van der Waals surface area contributed by atoms with Crippen LogP contribution in [0.1, 0.15) is 30.5 Å². The zero-order valence-corrected chi connectivity index (χ0v) is 13.7. The smallest absolute Gasteiger partial charge is 0.234 e. The molecule has 3 heteroatoms. The lowest BCUT2D eigenvalue weighted by Gasteiger charge is -2.33. The van der Waals surface area contributed by atoms with Crippen molar-refractivity contribution in [3.8, 4) is 5.75 Å². The summed E-state index contributed by atoms with van der Waals surface area (Å²) in [5, 5.41) is 0. The highest BCUT2D eigenvalue weighted by molar-refractivity contribution is 5.86. The quantitative estimate of drug-likeness (QED) is 0.773. The summed E-state index contributed by atoms with van der Waals surface area (Å²) in [7, 11) is 1.67. The van der Waals surface area contributed by atoms with Gasteiger partial charge in [-0.15, -0.1) is 0 Å². The summed E-state index contributed by atoms with van der Waals surface area (Å²) >= 11 is 0. The van der Waals surface area contributed by atoms with E-state index in [-0.39, 0.29) is 6.04 Å². The standard InChI is InChI=1S/C20H20N2O/c1-14(2)22-13-16-10-11-17(23-4)12-18(16)19(20(22)21-3)15-8-6-5-7-9-15/h5-12,14H,13H2,1-2,4H3. The topological polar surface area (TPSA) is 16.8 Å². The molecule has 0 unspecified atom stereocenters. The van der Waals surface area contributed by atoms with E-state index in [1.165, 1.54) is 5.56 Å².